The van der Waals surface area contributed by atoms with Crippen LogP contribution in [0.15, 0.2) is 72.8 Å². The van der Waals surface area contributed by atoms with Crippen LogP contribution in [-0.2, 0) is 13.9 Å². The molecule has 0 aliphatic heterocycles. The zero-order valence-corrected chi connectivity index (χ0v) is 21.9. The summed E-state index contributed by atoms with van der Waals surface area (Å²) in [5.74, 6) is 2.14. The normalized spacial score (nSPS) is 11.1. The van der Waals surface area contributed by atoms with Crippen molar-refractivity contribution < 1.29 is 23.2 Å². The van der Waals surface area contributed by atoms with Gasteiger partial charge in [-0.2, -0.15) is 0 Å². The molecule has 0 saturated heterocycles. The van der Waals surface area contributed by atoms with Gasteiger partial charge in [-0.1, -0.05) is 36.4 Å². The second kappa shape index (κ2) is 13.3. The van der Waals surface area contributed by atoms with Gasteiger partial charge < -0.3 is 18.4 Å². The smallest absolute Gasteiger partial charge is 0.317 e. The monoisotopic (exact) mass is 514 g/mol. The highest BCUT2D eigenvalue weighted by atomic mass is 35.5. The lowest BCUT2D eigenvalue weighted by Crippen LogP contribution is -2.22. The molecular formula is C28H31ClO5S. The molecule has 0 aliphatic carbocycles. The SMILES string of the molecule is COc1ccc(C(Cl)(c2ccc(OC)cc2)c2ccc(OCCCCCC(=O)OSC)cc2)cc1. The molecule has 0 atom stereocenters. The van der Waals surface area contributed by atoms with E-state index in [0.29, 0.717) is 13.0 Å². The molecule has 3 rings (SSSR count). The molecule has 0 fully saturated rings. The Labute approximate surface area is 216 Å². The van der Waals surface area contributed by atoms with E-state index in [9.17, 15) is 4.79 Å². The van der Waals surface area contributed by atoms with Gasteiger partial charge in [0.1, 0.15) is 22.1 Å². The van der Waals surface area contributed by atoms with Gasteiger partial charge in [0, 0.05) is 12.7 Å². The molecule has 0 saturated carbocycles. The molecule has 3 aromatic carbocycles. The number of carbonyl (C=O) groups excluding carboxylic acids is 1. The molecular weight excluding hydrogens is 484 g/mol. The van der Waals surface area contributed by atoms with Gasteiger partial charge in [-0.25, -0.2) is 0 Å². The van der Waals surface area contributed by atoms with Crippen LogP contribution in [0.3, 0.4) is 0 Å². The highest BCUT2D eigenvalue weighted by molar-refractivity contribution is 7.94. The van der Waals surface area contributed by atoms with E-state index >= 15 is 0 Å². The lowest BCUT2D eigenvalue weighted by atomic mass is 9.84. The van der Waals surface area contributed by atoms with Crippen molar-refractivity contribution in [2.45, 2.75) is 30.6 Å². The van der Waals surface area contributed by atoms with Gasteiger partial charge in [-0.15, -0.1) is 11.6 Å². The number of hydrogen-bond donors (Lipinski definition) is 0. The Hall–Kier alpha value is -2.83. The zero-order valence-electron chi connectivity index (χ0n) is 20.3. The fraction of sp³-hybridized carbons (Fsp3) is 0.321. The van der Waals surface area contributed by atoms with E-state index in [1.165, 1.54) is 0 Å². The molecule has 0 unspecified atom stereocenters. The van der Waals surface area contributed by atoms with Crippen LogP contribution in [0.2, 0.25) is 0 Å². The summed E-state index contributed by atoms with van der Waals surface area (Å²) >= 11 is 8.49. The second-order valence-electron chi connectivity index (χ2n) is 7.92. The summed E-state index contributed by atoms with van der Waals surface area (Å²) in [4.78, 5) is 10.5. The number of benzene rings is 3. The molecule has 7 heteroatoms. The summed E-state index contributed by atoms with van der Waals surface area (Å²) in [7, 11) is 3.29. The predicted molar refractivity (Wildman–Crippen MR) is 142 cm³/mol. The molecule has 5 nitrogen and oxygen atoms in total. The van der Waals surface area contributed by atoms with E-state index in [1.807, 2.05) is 72.8 Å². The van der Waals surface area contributed by atoms with Crippen molar-refractivity contribution in [1.29, 1.82) is 0 Å². The standard InChI is InChI=1S/C28H31ClO5S/c1-31-24-14-8-21(9-15-24)28(29,22-10-16-25(32-2)17-11-22)23-12-18-26(19-13-23)33-20-6-4-5-7-27(30)34-35-3/h8-19H,4-7,20H2,1-3H3. The number of halogens is 1. The van der Waals surface area contributed by atoms with Crippen molar-refractivity contribution in [3.63, 3.8) is 0 Å². The van der Waals surface area contributed by atoms with Gasteiger partial charge in [-0.05, 0) is 72.4 Å². The van der Waals surface area contributed by atoms with Crippen LogP contribution >= 0.6 is 23.6 Å². The number of rotatable bonds is 13. The highest BCUT2D eigenvalue weighted by Crippen LogP contribution is 2.44. The van der Waals surface area contributed by atoms with Crippen LogP contribution in [0.4, 0.5) is 0 Å². The van der Waals surface area contributed by atoms with Crippen LogP contribution in [0.1, 0.15) is 42.4 Å². The molecule has 0 bridgehead atoms. The average Bonchev–Trinajstić information content (AvgIpc) is 2.91. The van der Waals surface area contributed by atoms with Gasteiger partial charge in [0.2, 0.25) is 0 Å². The average molecular weight is 515 g/mol. The van der Waals surface area contributed by atoms with Gasteiger partial charge in [-0.3, -0.25) is 4.79 Å². The maximum absolute atomic E-state index is 11.4. The minimum absolute atomic E-state index is 0.174. The minimum atomic E-state index is -0.900. The highest BCUT2D eigenvalue weighted by Gasteiger charge is 2.34. The molecule has 35 heavy (non-hydrogen) atoms. The summed E-state index contributed by atoms with van der Waals surface area (Å²) in [6.07, 6.45) is 4.73. The first-order valence-electron chi connectivity index (χ1n) is 11.5. The number of unbranched alkanes of at least 4 members (excludes halogenated alkanes) is 2. The Kier molecular flexibility index (Phi) is 10.2. The first kappa shape index (κ1) is 26.8. The van der Waals surface area contributed by atoms with E-state index in [0.717, 1.165) is 65.2 Å². The number of ether oxygens (including phenoxy) is 3. The summed E-state index contributed by atoms with van der Waals surface area (Å²) in [6.45, 7) is 0.583. The Morgan fingerprint density at radius 1 is 0.743 bits per heavy atom. The maximum Gasteiger partial charge on any atom is 0.317 e. The maximum atomic E-state index is 11.4. The van der Waals surface area contributed by atoms with Crippen molar-refractivity contribution in [2.75, 3.05) is 27.1 Å². The van der Waals surface area contributed by atoms with Gasteiger partial charge in [0.15, 0.2) is 0 Å². The minimum Gasteiger partial charge on any atom is -0.497 e. The quantitative estimate of drug-likeness (QED) is 0.106. The van der Waals surface area contributed by atoms with Crippen molar-refractivity contribution in [2.24, 2.45) is 0 Å². The molecule has 0 spiro atoms. The third kappa shape index (κ3) is 7.09. The molecule has 0 amide bonds. The largest absolute Gasteiger partial charge is 0.497 e. The van der Waals surface area contributed by atoms with E-state index in [2.05, 4.69) is 0 Å². The third-order valence-corrected chi connectivity index (χ3v) is 6.71. The Morgan fingerprint density at radius 2 is 1.20 bits per heavy atom. The fourth-order valence-electron chi connectivity index (χ4n) is 3.79. The zero-order chi connectivity index (χ0) is 25.1. The van der Waals surface area contributed by atoms with E-state index in [-0.39, 0.29) is 5.97 Å². The van der Waals surface area contributed by atoms with Crippen LogP contribution in [0, 0.1) is 0 Å². The molecule has 0 aliphatic rings. The van der Waals surface area contributed by atoms with E-state index in [1.54, 1.807) is 20.5 Å². The second-order valence-corrected chi connectivity index (χ2v) is 8.99. The van der Waals surface area contributed by atoms with Crippen molar-refractivity contribution >= 4 is 29.6 Å². The Bertz CT molecular complexity index is 1000. The third-order valence-electron chi connectivity index (χ3n) is 5.70. The van der Waals surface area contributed by atoms with Crippen molar-refractivity contribution in [3.8, 4) is 17.2 Å². The summed E-state index contributed by atoms with van der Waals surface area (Å²) in [5, 5.41) is 0. The van der Waals surface area contributed by atoms with Crippen LogP contribution in [0.5, 0.6) is 17.2 Å². The number of methoxy groups -OCH3 is 2. The lowest BCUT2D eigenvalue weighted by Gasteiger charge is -2.29. The first-order valence-corrected chi connectivity index (χ1v) is 13.0. The molecule has 0 heterocycles. The molecule has 0 radical (unpaired) electrons. The van der Waals surface area contributed by atoms with Crippen molar-refractivity contribution in [1.82, 2.24) is 0 Å². The molecule has 0 aromatic heterocycles. The Morgan fingerprint density at radius 3 is 1.63 bits per heavy atom. The number of hydrogen-bond acceptors (Lipinski definition) is 6. The lowest BCUT2D eigenvalue weighted by molar-refractivity contribution is -0.133. The van der Waals surface area contributed by atoms with Gasteiger partial charge in [0.25, 0.3) is 0 Å². The fourth-order valence-corrected chi connectivity index (χ4v) is 4.44. The first-order chi connectivity index (χ1) is 17.0. The summed E-state index contributed by atoms with van der Waals surface area (Å²) in [5.41, 5.74) is 2.78. The topological polar surface area (TPSA) is 54.0 Å². The Balaban J connectivity index is 1.71. The number of alkyl halides is 1. The summed E-state index contributed by atoms with van der Waals surface area (Å²) in [6, 6.07) is 23.4. The van der Waals surface area contributed by atoms with Gasteiger partial charge in [0.05, 0.1) is 32.9 Å². The molecule has 0 N–H and O–H groups in total. The molecule has 3 aromatic rings. The van der Waals surface area contributed by atoms with E-state index in [4.69, 9.17) is 30.0 Å². The predicted octanol–water partition coefficient (Wildman–Crippen LogP) is 6.99. The van der Waals surface area contributed by atoms with Crippen LogP contribution < -0.4 is 14.2 Å². The number of carbonyl (C=O) groups is 1. The summed E-state index contributed by atoms with van der Waals surface area (Å²) < 4.78 is 21.4. The van der Waals surface area contributed by atoms with Crippen LogP contribution in [0.25, 0.3) is 0 Å². The van der Waals surface area contributed by atoms with Crippen LogP contribution in [-0.4, -0.2) is 33.1 Å². The van der Waals surface area contributed by atoms with Gasteiger partial charge >= 0.3 is 5.97 Å². The van der Waals surface area contributed by atoms with Crippen molar-refractivity contribution in [3.05, 3.63) is 89.5 Å². The van der Waals surface area contributed by atoms with E-state index < -0.39 is 4.87 Å². The molecule has 186 valence electrons.